The number of ether oxygens (including phenoxy) is 1. The molecule has 116 valence electrons. The normalized spacial score (nSPS) is 17.6. The first kappa shape index (κ1) is 16.0. The van der Waals surface area contributed by atoms with Crippen molar-refractivity contribution in [3.8, 4) is 0 Å². The number of rotatable bonds is 7. The molecule has 0 radical (unpaired) electrons. The Morgan fingerprint density at radius 3 is 2.52 bits per heavy atom. The number of carbonyl (C=O) groups is 1. The number of aryl methyl sites for hydroxylation is 1. The Hall–Kier alpha value is -1.39. The van der Waals surface area contributed by atoms with E-state index in [1.165, 1.54) is 5.56 Å². The predicted molar refractivity (Wildman–Crippen MR) is 84.2 cm³/mol. The van der Waals surface area contributed by atoms with Crippen LogP contribution in [0.5, 0.6) is 0 Å². The van der Waals surface area contributed by atoms with E-state index < -0.39 is 0 Å². The first-order valence-corrected chi connectivity index (χ1v) is 7.53. The van der Waals surface area contributed by atoms with Crippen molar-refractivity contribution < 1.29 is 9.53 Å². The summed E-state index contributed by atoms with van der Waals surface area (Å²) >= 11 is 0. The molecule has 4 heteroatoms. The highest BCUT2D eigenvalue weighted by molar-refractivity contribution is 5.78. The Bertz CT molecular complexity index is 480. The molecule has 4 nitrogen and oxygen atoms in total. The molecular weight excluding hydrogens is 264 g/mol. The first-order chi connectivity index (χ1) is 9.97. The third kappa shape index (κ3) is 4.05. The maximum Gasteiger partial charge on any atom is 0.234 e. The van der Waals surface area contributed by atoms with E-state index in [0.717, 1.165) is 18.4 Å². The van der Waals surface area contributed by atoms with Crippen LogP contribution in [0.2, 0.25) is 0 Å². The lowest BCUT2D eigenvalue weighted by atomic mass is 10.1. The van der Waals surface area contributed by atoms with Gasteiger partial charge < -0.3 is 10.1 Å². The average molecular weight is 290 g/mol. The van der Waals surface area contributed by atoms with Crippen molar-refractivity contribution in [2.45, 2.75) is 38.3 Å². The number of nitrogens with one attached hydrogen (secondary N) is 1. The molecule has 1 aromatic carbocycles. The van der Waals surface area contributed by atoms with Crippen LogP contribution >= 0.6 is 0 Å². The van der Waals surface area contributed by atoms with Gasteiger partial charge >= 0.3 is 0 Å². The second kappa shape index (κ2) is 6.58. The zero-order chi connectivity index (χ0) is 15.5. The number of nitrogens with zero attached hydrogens (tertiary/aromatic N) is 1. The second-order valence-electron chi connectivity index (χ2n) is 6.21. The van der Waals surface area contributed by atoms with Gasteiger partial charge in [0.05, 0.1) is 19.2 Å². The highest BCUT2D eigenvalue weighted by atomic mass is 16.5. The maximum absolute atomic E-state index is 12.2. The average Bonchev–Trinajstić information content (AvgIpc) is 3.20. The summed E-state index contributed by atoms with van der Waals surface area (Å²) in [5.74, 6) is 0.0629. The Kier molecular flexibility index (Phi) is 5.01. The quantitative estimate of drug-likeness (QED) is 0.837. The summed E-state index contributed by atoms with van der Waals surface area (Å²) in [6, 6.07) is 8.31. The largest absolute Gasteiger partial charge is 0.383 e. The Balaban J connectivity index is 1.85. The van der Waals surface area contributed by atoms with Crippen molar-refractivity contribution in [2.75, 3.05) is 27.3 Å². The lowest BCUT2D eigenvalue weighted by Gasteiger charge is -2.27. The summed E-state index contributed by atoms with van der Waals surface area (Å²) in [6.07, 6.45) is 2.22. The molecule has 2 rings (SSSR count). The van der Waals surface area contributed by atoms with Crippen molar-refractivity contribution >= 4 is 5.91 Å². The van der Waals surface area contributed by atoms with E-state index in [2.05, 4.69) is 41.4 Å². The maximum atomic E-state index is 12.2. The van der Waals surface area contributed by atoms with Gasteiger partial charge in [0.15, 0.2) is 0 Å². The zero-order valence-corrected chi connectivity index (χ0v) is 13.5. The molecule has 21 heavy (non-hydrogen) atoms. The highest BCUT2D eigenvalue weighted by Gasteiger charge is 2.46. The van der Waals surface area contributed by atoms with E-state index in [4.69, 9.17) is 4.74 Å². The van der Waals surface area contributed by atoms with Gasteiger partial charge in [0, 0.05) is 12.6 Å². The molecule has 0 spiro atoms. The molecule has 0 heterocycles. The van der Waals surface area contributed by atoms with Crippen molar-refractivity contribution in [1.82, 2.24) is 10.2 Å². The number of carbonyl (C=O) groups excluding carboxylic acids is 1. The molecule has 1 aliphatic rings. The number of amides is 1. The van der Waals surface area contributed by atoms with Crippen molar-refractivity contribution in [3.63, 3.8) is 0 Å². The summed E-state index contributed by atoms with van der Waals surface area (Å²) in [5, 5.41) is 3.07. The van der Waals surface area contributed by atoms with Crippen molar-refractivity contribution in [3.05, 3.63) is 35.4 Å². The van der Waals surface area contributed by atoms with Crippen LogP contribution in [-0.4, -0.2) is 43.7 Å². The first-order valence-electron chi connectivity index (χ1n) is 7.53. The highest BCUT2D eigenvalue weighted by Crippen LogP contribution is 2.40. The molecule has 0 saturated heterocycles. The fraction of sp³-hybridized carbons (Fsp3) is 0.588. The van der Waals surface area contributed by atoms with Crippen LogP contribution in [-0.2, 0) is 9.53 Å². The van der Waals surface area contributed by atoms with Crippen LogP contribution in [0.3, 0.4) is 0 Å². The number of hydrogen-bond donors (Lipinski definition) is 1. The molecule has 1 aromatic rings. The van der Waals surface area contributed by atoms with Gasteiger partial charge in [-0.3, -0.25) is 9.69 Å². The Labute approximate surface area is 127 Å². The second-order valence-corrected chi connectivity index (χ2v) is 6.21. The fourth-order valence-corrected chi connectivity index (χ4v) is 2.66. The molecule has 1 aliphatic carbocycles. The summed E-state index contributed by atoms with van der Waals surface area (Å²) in [7, 11) is 3.72. The van der Waals surface area contributed by atoms with Gasteiger partial charge in [-0.15, -0.1) is 0 Å². The Morgan fingerprint density at radius 1 is 1.38 bits per heavy atom. The lowest BCUT2D eigenvalue weighted by molar-refractivity contribution is -0.123. The fourth-order valence-electron chi connectivity index (χ4n) is 2.66. The van der Waals surface area contributed by atoms with Crippen LogP contribution in [0.25, 0.3) is 0 Å². The summed E-state index contributed by atoms with van der Waals surface area (Å²) in [4.78, 5) is 14.3. The molecule has 1 amide bonds. The molecule has 1 atom stereocenters. The van der Waals surface area contributed by atoms with E-state index in [1.54, 1.807) is 7.11 Å². The van der Waals surface area contributed by atoms with E-state index >= 15 is 0 Å². The summed E-state index contributed by atoms with van der Waals surface area (Å²) in [6.45, 7) is 5.20. The van der Waals surface area contributed by atoms with Gasteiger partial charge in [0.2, 0.25) is 5.91 Å². The smallest absolute Gasteiger partial charge is 0.234 e. The van der Waals surface area contributed by atoms with E-state index in [-0.39, 0.29) is 17.5 Å². The molecule has 1 N–H and O–H groups in total. The minimum Gasteiger partial charge on any atom is -0.383 e. The molecule has 0 unspecified atom stereocenters. The van der Waals surface area contributed by atoms with E-state index in [1.807, 2.05) is 14.0 Å². The van der Waals surface area contributed by atoms with Crippen molar-refractivity contribution in [1.29, 1.82) is 0 Å². The molecular formula is C17H26N2O2. The van der Waals surface area contributed by atoms with Crippen LogP contribution < -0.4 is 5.32 Å². The van der Waals surface area contributed by atoms with Crippen LogP contribution in [0.15, 0.2) is 24.3 Å². The SMILES string of the molecule is COCC1(N(C)CC(=O)N[C@H](C)c2ccc(C)cc2)CC1. The van der Waals surface area contributed by atoms with Crippen molar-refractivity contribution in [2.24, 2.45) is 0 Å². The Morgan fingerprint density at radius 2 is 2.00 bits per heavy atom. The predicted octanol–water partition coefficient (Wildman–Crippen LogP) is 2.28. The molecule has 1 saturated carbocycles. The van der Waals surface area contributed by atoms with E-state index in [0.29, 0.717) is 13.2 Å². The minimum atomic E-state index is 0.0316. The monoisotopic (exact) mass is 290 g/mol. The van der Waals surface area contributed by atoms with Gasteiger partial charge in [-0.25, -0.2) is 0 Å². The molecule has 1 fully saturated rings. The van der Waals surface area contributed by atoms with Gasteiger partial charge in [0.1, 0.15) is 0 Å². The van der Waals surface area contributed by atoms with Gasteiger partial charge in [0.25, 0.3) is 0 Å². The standard InChI is InChI=1S/C17H26N2O2/c1-13-5-7-15(8-6-13)14(2)18-16(20)11-19(3)17(9-10-17)12-21-4/h5-8,14H,9-12H2,1-4H3,(H,18,20)/t14-/m1/s1. The molecule has 0 aliphatic heterocycles. The van der Waals surface area contributed by atoms with Gasteiger partial charge in [-0.05, 0) is 39.3 Å². The number of benzene rings is 1. The van der Waals surface area contributed by atoms with Crippen LogP contribution in [0.4, 0.5) is 0 Å². The molecule has 0 aromatic heterocycles. The number of methoxy groups -OCH3 is 1. The summed E-state index contributed by atoms with van der Waals surface area (Å²) < 4.78 is 5.26. The minimum absolute atomic E-state index is 0.0316. The molecule has 0 bridgehead atoms. The zero-order valence-electron chi connectivity index (χ0n) is 13.5. The van der Waals surface area contributed by atoms with Gasteiger partial charge in [-0.1, -0.05) is 29.8 Å². The topological polar surface area (TPSA) is 41.6 Å². The summed E-state index contributed by atoms with van der Waals surface area (Å²) in [5.41, 5.74) is 2.45. The number of likely N-dealkylation sites (N-methyl/N-ethyl adjacent to an activating group) is 1. The van der Waals surface area contributed by atoms with Crippen LogP contribution in [0.1, 0.15) is 36.9 Å². The third-order valence-corrected chi connectivity index (χ3v) is 4.39. The third-order valence-electron chi connectivity index (χ3n) is 4.39. The van der Waals surface area contributed by atoms with E-state index in [9.17, 15) is 4.79 Å². The lowest BCUT2D eigenvalue weighted by Crippen LogP contribution is -2.44. The number of hydrogen-bond acceptors (Lipinski definition) is 3. The van der Waals surface area contributed by atoms with Crippen LogP contribution in [0, 0.1) is 6.92 Å². The van der Waals surface area contributed by atoms with Gasteiger partial charge in [-0.2, -0.15) is 0 Å².